The molecule has 1 aromatic heterocycles. The molecule has 1 fully saturated rings. The van der Waals surface area contributed by atoms with Crippen LogP contribution in [0.2, 0.25) is 0 Å². The third kappa shape index (κ3) is 4.32. The zero-order valence-corrected chi connectivity index (χ0v) is 14.4. The van der Waals surface area contributed by atoms with Crippen LogP contribution in [-0.4, -0.2) is 35.7 Å². The molecule has 132 valence electrons. The molecule has 3 rings (SSSR count). The van der Waals surface area contributed by atoms with E-state index in [2.05, 4.69) is 20.4 Å². The van der Waals surface area contributed by atoms with Crippen molar-refractivity contribution in [1.29, 1.82) is 0 Å². The number of amides is 1. The second kappa shape index (κ2) is 8.05. The van der Waals surface area contributed by atoms with Gasteiger partial charge < -0.3 is 10.2 Å². The maximum atomic E-state index is 13.0. The molecule has 1 amide bonds. The van der Waals surface area contributed by atoms with E-state index in [1.807, 2.05) is 19.1 Å². The van der Waals surface area contributed by atoms with Gasteiger partial charge in [0.15, 0.2) is 5.82 Å². The molecule has 1 atom stereocenters. The SMILES string of the molecule is CCCNC(=O)C1CCCN(c2ccc(-c3ccc(F)cc3)nn2)C1. The van der Waals surface area contributed by atoms with Crippen molar-refractivity contribution in [3.63, 3.8) is 0 Å². The molecule has 6 heteroatoms. The summed E-state index contributed by atoms with van der Waals surface area (Å²) in [6, 6.07) is 10.0. The van der Waals surface area contributed by atoms with Gasteiger partial charge in [-0.3, -0.25) is 4.79 Å². The Morgan fingerprint density at radius 1 is 1.24 bits per heavy atom. The van der Waals surface area contributed by atoms with E-state index in [4.69, 9.17) is 0 Å². The molecule has 0 bridgehead atoms. The molecule has 0 radical (unpaired) electrons. The van der Waals surface area contributed by atoms with Crippen LogP contribution >= 0.6 is 0 Å². The fourth-order valence-corrected chi connectivity index (χ4v) is 3.06. The number of rotatable bonds is 5. The van der Waals surface area contributed by atoms with Crippen molar-refractivity contribution in [2.45, 2.75) is 26.2 Å². The molecule has 0 saturated carbocycles. The van der Waals surface area contributed by atoms with Crippen LogP contribution in [0.25, 0.3) is 11.3 Å². The summed E-state index contributed by atoms with van der Waals surface area (Å²) >= 11 is 0. The normalized spacial score (nSPS) is 17.4. The van der Waals surface area contributed by atoms with Gasteiger partial charge in [-0.25, -0.2) is 4.39 Å². The van der Waals surface area contributed by atoms with Gasteiger partial charge in [0.05, 0.1) is 11.6 Å². The summed E-state index contributed by atoms with van der Waals surface area (Å²) in [5, 5.41) is 11.5. The van der Waals surface area contributed by atoms with Gasteiger partial charge in [0.1, 0.15) is 5.82 Å². The van der Waals surface area contributed by atoms with Gasteiger partial charge in [0.25, 0.3) is 0 Å². The minimum atomic E-state index is -0.269. The van der Waals surface area contributed by atoms with Crippen LogP contribution < -0.4 is 10.2 Å². The van der Waals surface area contributed by atoms with Crippen molar-refractivity contribution in [1.82, 2.24) is 15.5 Å². The van der Waals surface area contributed by atoms with E-state index >= 15 is 0 Å². The van der Waals surface area contributed by atoms with Crippen molar-refractivity contribution in [3.05, 3.63) is 42.2 Å². The standard InChI is InChI=1S/C19H23FN4O/c1-2-11-21-19(25)15-4-3-12-24(13-15)18-10-9-17(22-23-18)14-5-7-16(20)8-6-14/h5-10,15H,2-4,11-13H2,1H3,(H,21,25). The summed E-state index contributed by atoms with van der Waals surface area (Å²) in [5.74, 6) is 0.634. The highest BCUT2D eigenvalue weighted by Gasteiger charge is 2.26. The molecular formula is C19H23FN4O. The fourth-order valence-electron chi connectivity index (χ4n) is 3.06. The van der Waals surface area contributed by atoms with Crippen LogP contribution in [0.5, 0.6) is 0 Å². The van der Waals surface area contributed by atoms with Crippen LogP contribution in [0.3, 0.4) is 0 Å². The van der Waals surface area contributed by atoms with E-state index in [1.54, 1.807) is 12.1 Å². The van der Waals surface area contributed by atoms with Crippen LogP contribution in [0.4, 0.5) is 10.2 Å². The van der Waals surface area contributed by atoms with Crippen molar-refractivity contribution in [2.24, 2.45) is 5.92 Å². The third-order valence-electron chi connectivity index (χ3n) is 4.46. The number of aromatic nitrogens is 2. The average Bonchev–Trinajstić information content (AvgIpc) is 2.67. The Morgan fingerprint density at radius 3 is 2.72 bits per heavy atom. The number of halogens is 1. The van der Waals surface area contributed by atoms with Crippen molar-refractivity contribution in [2.75, 3.05) is 24.5 Å². The lowest BCUT2D eigenvalue weighted by Crippen LogP contribution is -2.43. The van der Waals surface area contributed by atoms with Crippen molar-refractivity contribution < 1.29 is 9.18 Å². The first-order valence-corrected chi connectivity index (χ1v) is 8.79. The Bertz CT molecular complexity index is 702. The lowest BCUT2D eigenvalue weighted by atomic mass is 9.97. The van der Waals surface area contributed by atoms with Gasteiger partial charge in [-0.05, 0) is 55.7 Å². The Kier molecular flexibility index (Phi) is 5.58. The largest absolute Gasteiger partial charge is 0.356 e. The number of nitrogens with one attached hydrogen (secondary N) is 1. The predicted octanol–water partition coefficient (Wildman–Crippen LogP) is 3.03. The van der Waals surface area contributed by atoms with E-state index in [1.165, 1.54) is 12.1 Å². The summed E-state index contributed by atoms with van der Waals surface area (Å²) in [5.41, 5.74) is 1.54. The van der Waals surface area contributed by atoms with Gasteiger partial charge in [-0.15, -0.1) is 10.2 Å². The maximum Gasteiger partial charge on any atom is 0.224 e. The summed E-state index contributed by atoms with van der Waals surface area (Å²) in [6.07, 6.45) is 2.82. The zero-order valence-electron chi connectivity index (χ0n) is 14.4. The first-order valence-electron chi connectivity index (χ1n) is 8.79. The van der Waals surface area contributed by atoms with E-state index in [-0.39, 0.29) is 17.6 Å². The van der Waals surface area contributed by atoms with Crippen LogP contribution in [-0.2, 0) is 4.79 Å². The Hall–Kier alpha value is -2.50. The molecule has 1 aliphatic rings. The highest BCUT2D eigenvalue weighted by atomic mass is 19.1. The smallest absolute Gasteiger partial charge is 0.224 e. The number of piperidine rings is 1. The van der Waals surface area contributed by atoms with Gasteiger partial charge in [0, 0.05) is 25.2 Å². The minimum Gasteiger partial charge on any atom is -0.356 e. The van der Waals surface area contributed by atoms with Gasteiger partial charge in [0.2, 0.25) is 5.91 Å². The van der Waals surface area contributed by atoms with Gasteiger partial charge in [-0.2, -0.15) is 0 Å². The van der Waals surface area contributed by atoms with Gasteiger partial charge in [-0.1, -0.05) is 6.92 Å². The second-order valence-corrected chi connectivity index (χ2v) is 6.36. The van der Waals surface area contributed by atoms with Crippen LogP contribution in [0.1, 0.15) is 26.2 Å². The van der Waals surface area contributed by atoms with Crippen LogP contribution in [0.15, 0.2) is 36.4 Å². The third-order valence-corrected chi connectivity index (χ3v) is 4.46. The Morgan fingerprint density at radius 2 is 2.04 bits per heavy atom. The Labute approximate surface area is 147 Å². The monoisotopic (exact) mass is 342 g/mol. The van der Waals surface area contributed by atoms with Crippen molar-refractivity contribution in [3.8, 4) is 11.3 Å². The Balaban J connectivity index is 1.67. The number of carbonyl (C=O) groups excluding carboxylic acids is 1. The quantitative estimate of drug-likeness (QED) is 0.907. The first-order chi connectivity index (χ1) is 12.2. The van der Waals surface area contributed by atoms with Gasteiger partial charge >= 0.3 is 0 Å². The minimum absolute atomic E-state index is 0.00104. The summed E-state index contributed by atoms with van der Waals surface area (Å²) < 4.78 is 13.0. The highest BCUT2D eigenvalue weighted by Crippen LogP contribution is 2.23. The topological polar surface area (TPSA) is 58.1 Å². The number of carbonyl (C=O) groups is 1. The molecule has 2 aromatic rings. The van der Waals surface area contributed by atoms with E-state index < -0.39 is 0 Å². The predicted molar refractivity (Wildman–Crippen MR) is 95.7 cm³/mol. The number of hydrogen-bond donors (Lipinski definition) is 1. The molecule has 0 spiro atoms. The summed E-state index contributed by atoms with van der Waals surface area (Å²) in [6.45, 7) is 4.31. The number of benzene rings is 1. The number of nitrogens with zero attached hydrogens (tertiary/aromatic N) is 3. The summed E-state index contributed by atoms with van der Waals surface area (Å²) in [4.78, 5) is 14.3. The summed E-state index contributed by atoms with van der Waals surface area (Å²) in [7, 11) is 0. The fraction of sp³-hybridized carbons (Fsp3) is 0.421. The lowest BCUT2D eigenvalue weighted by Gasteiger charge is -2.32. The van der Waals surface area contributed by atoms with Crippen LogP contribution in [0, 0.1) is 11.7 Å². The lowest BCUT2D eigenvalue weighted by molar-refractivity contribution is -0.125. The first kappa shape index (κ1) is 17.3. The zero-order chi connectivity index (χ0) is 17.6. The average molecular weight is 342 g/mol. The molecule has 1 saturated heterocycles. The molecule has 1 unspecified atom stereocenters. The molecule has 0 aliphatic carbocycles. The number of hydrogen-bond acceptors (Lipinski definition) is 4. The second-order valence-electron chi connectivity index (χ2n) is 6.36. The number of anilines is 1. The maximum absolute atomic E-state index is 13.0. The molecule has 1 N–H and O–H groups in total. The van der Waals surface area contributed by atoms with E-state index in [9.17, 15) is 9.18 Å². The van der Waals surface area contributed by atoms with E-state index in [0.29, 0.717) is 12.2 Å². The van der Waals surface area contributed by atoms with Crippen molar-refractivity contribution >= 4 is 11.7 Å². The highest BCUT2D eigenvalue weighted by molar-refractivity contribution is 5.79. The molecule has 1 aliphatic heterocycles. The molecule has 25 heavy (non-hydrogen) atoms. The molecule has 2 heterocycles. The molecule has 5 nitrogen and oxygen atoms in total. The molecular weight excluding hydrogens is 319 g/mol. The molecule has 1 aromatic carbocycles. The van der Waals surface area contributed by atoms with E-state index in [0.717, 1.165) is 43.7 Å².